The summed E-state index contributed by atoms with van der Waals surface area (Å²) < 4.78 is 46.2. The van der Waals surface area contributed by atoms with Gasteiger partial charge in [-0.05, 0) is 38.2 Å². The van der Waals surface area contributed by atoms with E-state index in [1.807, 2.05) is 121 Å². The van der Waals surface area contributed by atoms with Crippen LogP contribution in [0.1, 0.15) is 22.3 Å². The molecule has 218 valence electrons. The maximum atomic E-state index is 15.1. The van der Waals surface area contributed by atoms with Crippen LogP contribution in [0.3, 0.4) is 0 Å². The van der Waals surface area contributed by atoms with Crippen LogP contribution in [0.4, 0.5) is 4.39 Å². The van der Waals surface area contributed by atoms with Crippen LogP contribution in [0.2, 0.25) is 0 Å². The molecule has 1 heterocycles. The highest BCUT2D eigenvalue weighted by atomic mass is 79.9. The first-order valence-electron chi connectivity index (χ1n) is 14.0. The molecule has 4 aromatic rings. The molecular formula is C35H34BrFO5. The zero-order valence-corrected chi connectivity index (χ0v) is 24.8. The van der Waals surface area contributed by atoms with Crippen molar-refractivity contribution in [3.05, 3.63) is 154 Å². The van der Waals surface area contributed by atoms with E-state index < -0.39 is 29.2 Å². The van der Waals surface area contributed by atoms with Gasteiger partial charge in [-0.25, -0.2) is 0 Å². The van der Waals surface area contributed by atoms with Crippen LogP contribution >= 0.6 is 15.9 Å². The Morgan fingerprint density at radius 2 is 0.976 bits per heavy atom. The summed E-state index contributed by atoms with van der Waals surface area (Å²) in [5.41, 5.74) is 3.95. The zero-order chi connectivity index (χ0) is 29.0. The molecule has 0 radical (unpaired) electrons. The van der Waals surface area contributed by atoms with Crippen LogP contribution in [0.15, 0.2) is 132 Å². The number of hydrogen-bond acceptors (Lipinski definition) is 5. The number of ether oxygens (including phenoxy) is 5. The van der Waals surface area contributed by atoms with Gasteiger partial charge in [0, 0.05) is 0 Å². The molecule has 0 aliphatic carbocycles. The van der Waals surface area contributed by atoms with Crippen LogP contribution in [0.25, 0.3) is 0 Å². The fraction of sp³-hybridized carbons (Fsp3) is 0.257. The third-order valence-electron chi connectivity index (χ3n) is 6.95. The Kier molecular flexibility index (Phi) is 11.3. The molecule has 0 saturated carbocycles. The van der Waals surface area contributed by atoms with Gasteiger partial charge in [-0.2, -0.15) is 4.39 Å². The molecule has 1 aliphatic rings. The number of hydrogen-bond donors (Lipinski definition) is 0. The molecule has 0 N–H and O–H groups in total. The van der Waals surface area contributed by atoms with E-state index in [0.29, 0.717) is 13.2 Å². The van der Waals surface area contributed by atoms with Gasteiger partial charge in [0.1, 0.15) is 18.3 Å². The maximum Gasteiger partial charge on any atom is 0.206 e. The van der Waals surface area contributed by atoms with Gasteiger partial charge in [-0.3, -0.25) is 0 Å². The molecule has 4 atom stereocenters. The molecule has 0 bridgehead atoms. The zero-order valence-electron chi connectivity index (χ0n) is 23.2. The van der Waals surface area contributed by atoms with E-state index in [4.69, 9.17) is 23.7 Å². The number of halogens is 2. The van der Waals surface area contributed by atoms with Crippen molar-refractivity contribution in [1.82, 2.24) is 0 Å². The fourth-order valence-corrected chi connectivity index (χ4v) is 5.15. The Labute approximate surface area is 255 Å². The summed E-state index contributed by atoms with van der Waals surface area (Å²) in [6, 6.07) is 39.3. The first-order valence-corrected chi connectivity index (χ1v) is 14.8. The van der Waals surface area contributed by atoms with Gasteiger partial charge in [-0.1, -0.05) is 121 Å². The molecule has 5 rings (SSSR count). The van der Waals surface area contributed by atoms with E-state index in [1.165, 1.54) is 0 Å². The third-order valence-corrected chi connectivity index (χ3v) is 7.34. The smallest absolute Gasteiger partial charge is 0.206 e. The maximum absolute atomic E-state index is 15.1. The Bertz CT molecular complexity index is 1370. The summed E-state index contributed by atoms with van der Waals surface area (Å²) in [6.07, 6.45) is -2.86. The van der Waals surface area contributed by atoms with Crippen molar-refractivity contribution < 1.29 is 28.1 Å². The van der Waals surface area contributed by atoms with Crippen molar-refractivity contribution in [2.24, 2.45) is 0 Å². The molecular weight excluding hydrogens is 599 g/mol. The van der Waals surface area contributed by atoms with Crippen molar-refractivity contribution in [3.8, 4) is 0 Å². The fourth-order valence-electron chi connectivity index (χ4n) is 4.83. The Balaban J connectivity index is 1.42. The largest absolute Gasteiger partial charge is 0.483 e. The average Bonchev–Trinajstić information content (AvgIpc) is 3.04. The second-order valence-corrected chi connectivity index (χ2v) is 10.7. The summed E-state index contributed by atoms with van der Waals surface area (Å²) in [7, 11) is 0. The predicted octanol–water partition coefficient (Wildman–Crippen LogP) is 7.89. The number of benzene rings is 4. The minimum Gasteiger partial charge on any atom is -0.483 e. The summed E-state index contributed by atoms with van der Waals surface area (Å²) >= 11 is 3.02. The monoisotopic (exact) mass is 632 g/mol. The summed E-state index contributed by atoms with van der Waals surface area (Å²) in [4.78, 5) is 0. The molecule has 1 fully saturated rings. The van der Waals surface area contributed by atoms with E-state index in [1.54, 1.807) is 0 Å². The second kappa shape index (κ2) is 15.8. The summed E-state index contributed by atoms with van der Waals surface area (Å²) in [6.45, 7) is 1.39. The summed E-state index contributed by atoms with van der Waals surface area (Å²) in [5, 5.41) is 0. The van der Waals surface area contributed by atoms with E-state index in [9.17, 15) is 0 Å². The van der Waals surface area contributed by atoms with Gasteiger partial charge in [0.25, 0.3) is 0 Å². The second-order valence-electron chi connectivity index (χ2n) is 10.0. The van der Waals surface area contributed by atoms with Gasteiger partial charge >= 0.3 is 0 Å². The van der Waals surface area contributed by atoms with Crippen molar-refractivity contribution in [3.63, 3.8) is 0 Å². The number of rotatable bonds is 13. The molecule has 1 saturated heterocycles. The Morgan fingerprint density at radius 1 is 0.571 bits per heavy atom. The van der Waals surface area contributed by atoms with Gasteiger partial charge in [0.05, 0.1) is 33.0 Å². The molecule has 1 aliphatic heterocycles. The molecule has 42 heavy (non-hydrogen) atoms. The SMILES string of the molecule is FC(Br)=C1O[C@H](COCc2ccccc2)[C@@H](OCc2ccccc2)[C@H](OCc2ccccc2)[C@H]1OCc1ccccc1. The topological polar surface area (TPSA) is 46.2 Å². The molecule has 7 heteroatoms. The van der Waals surface area contributed by atoms with Crippen molar-refractivity contribution in [1.29, 1.82) is 0 Å². The lowest BCUT2D eigenvalue weighted by Crippen LogP contribution is -2.56. The first kappa shape index (κ1) is 30.1. The van der Waals surface area contributed by atoms with E-state index >= 15 is 4.39 Å². The molecule has 0 aromatic heterocycles. The van der Waals surface area contributed by atoms with Crippen LogP contribution < -0.4 is 0 Å². The highest BCUT2D eigenvalue weighted by Crippen LogP contribution is 2.36. The van der Waals surface area contributed by atoms with Crippen molar-refractivity contribution in [2.45, 2.75) is 50.8 Å². The molecule has 0 unspecified atom stereocenters. The van der Waals surface area contributed by atoms with Crippen LogP contribution in [-0.2, 0) is 50.1 Å². The minimum absolute atomic E-state index is 0.0249. The third kappa shape index (κ3) is 8.60. The molecule has 0 amide bonds. The van der Waals surface area contributed by atoms with E-state index in [2.05, 4.69) is 15.9 Å². The quantitative estimate of drug-likeness (QED) is 0.150. The van der Waals surface area contributed by atoms with Crippen LogP contribution in [-0.4, -0.2) is 31.0 Å². The van der Waals surface area contributed by atoms with E-state index in [-0.39, 0.29) is 25.6 Å². The molecule has 0 spiro atoms. The predicted molar refractivity (Wildman–Crippen MR) is 163 cm³/mol. The highest BCUT2D eigenvalue weighted by molar-refractivity contribution is 9.11. The van der Waals surface area contributed by atoms with Gasteiger partial charge in [-0.15, -0.1) is 0 Å². The normalized spacial score (nSPS) is 21.5. The molecule has 4 aromatic carbocycles. The van der Waals surface area contributed by atoms with Gasteiger partial charge in [0.15, 0.2) is 11.9 Å². The lowest BCUT2D eigenvalue weighted by atomic mass is 9.97. The minimum atomic E-state index is -0.876. The highest BCUT2D eigenvalue weighted by Gasteiger charge is 2.48. The Hall–Kier alpha value is -3.33. The van der Waals surface area contributed by atoms with Crippen LogP contribution in [0.5, 0.6) is 0 Å². The van der Waals surface area contributed by atoms with Crippen molar-refractivity contribution >= 4 is 15.9 Å². The summed E-state index contributed by atoms with van der Waals surface area (Å²) in [5.74, 6) is 0.0249. The van der Waals surface area contributed by atoms with Gasteiger partial charge < -0.3 is 23.7 Å². The first-order chi connectivity index (χ1) is 20.7. The van der Waals surface area contributed by atoms with Gasteiger partial charge in [0.2, 0.25) is 4.74 Å². The average molecular weight is 634 g/mol. The lowest BCUT2D eigenvalue weighted by molar-refractivity contribution is -0.224. The standard InChI is InChI=1S/C35H34BrFO5/c36-35(37)34-33(41-24-29-19-11-4-12-20-29)32(40-23-28-17-9-3-10-18-28)31(39-22-27-15-7-2-8-16-27)30(42-34)25-38-21-26-13-5-1-6-14-26/h1-20,30-33H,21-25H2/t30-,31-,32+,33-/m1/s1. The van der Waals surface area contributed by atoms with E-state index in [0.717, 1.165) is 22.3 Å². The van der Waals surface area contributed by atoms with Crippen LogP contribution in [0, 0.1) is 0 Å². The Morgan fingerprint density at radius 3 is 1.43 bits per heavy atom. The van der Waals surface area contributed by atoms with Crippen molar-refractivity contribution in [2.75, 3.05) is 6.61 Å². The lowest BCUT2D eigenvalue weighted by Gasteiger charge is -2.43. The molecule has 5 nitrogen and oxygen atoms in total.